The van der Waals surface area contributed by atoms with Crippen molar-refractivity contribution in [3.8, 4) is 5.75 Å². The number of Topliss-reactive ketones (excluding diaryl/α,β-unsaturated/α-hetero) is 1. The molecule has 0 radical (unpaired) electrons. The number of fused-ring (bicyclic) bond motifs is 3. The first-order valence-corrected chi connectivity index (χ1v) is 11.4. The SMILES string of the molecule is COc1ccc(C(=O)[C@@H]2[C@H](c3ccc(N(C)C)cc3)[C@@H]([N+](=O)[O-])[C@@H]3c4ccccc4C=NN23)cc1. The number of carbonyl (C=O) groups is 1. The Balaban J connectivity index is 1.66. The molecule has 178 valence electrons. The summed E-state index contributed by atoms with van der Waals surface area (Å²) in [5.74, 6) is -0.265. The van der Waals surface area contributed by atoms with Crippen LogP contribution in [0, 0.1) is 10.1 Å². The number of nitro groups is 1. The fourth-order valence-electron chi connectivity index (χ4n) is 5.20. The first-order chi connectivity index (χ1) is 16.9. The average molecular weight is 471 g/mol. The summed E-state index contributed by atoms with van der Waals surface area (Å²) >= 11 is 0. The van der Waals surface area contributed by atoms with E-state index in [1.54, 1.807) is 42.6 Å². The van der Waals surface area contributed by atoms with E-state index < -0.39 is 24.0 Å². The van der Waals surface area contributed by atoms with Gasteiger partial charge in [-0.1, -0.05) is 36.4 Å². The van der Waals surface area contributed by atoms with Crippen molar-refractivity contribution in [1.29, 1.82) is 0 Å². The maximum atomic E-state index is 14.0. The van der Waals surface area contributed by atoms with E-state index in [0.717, 1.165) is 22.4 Å². The molecular weight excluding hydrogens is 444 g/mol. The van der Waals surface area contributed by atoms with Crippen LogP contribution in [0.1, 0.15) is 39.0 Å². The summed E-state index contributed by atoms with van der Waals surface area (Å²) in [6, 6.07) is 19.5. The molecular formula is C27H26N4O4. The lowest BCUT2D eigenvalue weighted by Crippen LogP contribution is -2.38. The number of methoxy groups -OCH3 is 1. The number of hydrogen-bond acceptors (Lipinski definition) is 7. The van der Waals surface area contributed by atoms with Gasteiger partial charge in [-0.05, 0) is 47.5 Å². The third-order valence-electron chi connectivity index (χ3n) is 6.93. The summed E-state index contributed by atoms with van der Waals surface area (Å²) in [7, 11) is 5.44. The Morgan fingerprint density at radius 1 is 1.03 bits per heavy atom. The standard InChI is InChI=1S/C27H26N4O4/c1-29(2)20-12-8-17(9-13-20)23-25(31(33)34)24-22-7-5-4-6-19(22)16-28-30(24)26(23)27(32)18-10-14-21(35-3)15-11-18/h4-16,23-26H,1-3H3/t23-,24+,25-,26+/m1/s1. The van der Waals surface area contributed by atoms with Crippen LogP contribution in [-0.2, 0) is 0 Å². The molecule has 2 heterocycles. The van der Waals surface area contributed by atoms with Gasteiger partial charge >= 0.3 is 0 Å². The van der Waals surface area contributed by atoms with Gasteiger partial charge in [-0.15, -0.1) is 0 Å². The molecule has 2 aliphatic rings. The number of anilines is 1. The predicted octanol–water partition coefficient (Wildman–Crippen LogP) is 4.15. The van der Waals surface area contributed by atoms with Crippen LogP contribution >= 0.6 is 0 Å². The van der Waals surface area contributed by atoms with E-state index in [2.05, 4.69) is 5.10 Å². The van der Waals surface area contributed by atoms with E-state index in [9.17, 15) is 14.9 Å². The first kappa shape index (κ1) is 22.6. The van der Waals surface area contributed by atoms with Crippen LogP contribution in [0.25, 0.3) is 0 Å². The van der Waals surface area contributed by atoms with E-state index in [-0.39, 0.29) is 10.7 Å². The molecule has 1 saturated heterocycles. The lowest BCUT2D eigenvalue weighted by Gasteiger charge is -2.30. The van der Waals surface area contributed by atoms with E-state index in [4.69, 9.17) is 4.74 Å². The van der Waals surface area contributed by atoms with E-state index >= 15 is 0 Å². The zero-order valence-corrected chi connectivity index (χ0v) is 19.7. The lowest BCUT2D eigenvalue weighted by molar-refractivity contribution is -0.529. The number of rotatable bonds is 6. The maximum absolute atomic E-state index is 14.0. The minimum atomic E-state index is -1.05. The Labute approximate surface area is 203 Å². The highest BCUT2D eigenvalue weighted by Crippen LogP contribution is 2.49. The minimum Gasteiger partial charge on any atom is -0.497 e. The second-order valence-electron chi connectivity index (χ2n) is 9.02. The molecule has 5 rings (SSSR count). The van der Waals surface area contributed by atoms with Crippen molar-refractivity contribution in [2.24, 2.45) is 5.10 Å². The smallest absolute Gasteiger partial charge is 0.248 e. The van der Waals surface area contributed by atoms with Gasteiger partial charge in [0.15, 0.2) is 5.78 Å². The molecule has 0 spiro atoms. The molecule has 3 aromatic rings. The number of nitrogens with zero attached hydrogens (tertiary/aromatic N) is 4. The van der Waals surface area contributed by atoms with Crippen molar-refractivity contribution >= 4 is 17.7 Å². The van der Waals surface area contributed by atoms with Gasteiger partial charge in [0.05, 0.1) is 19.2 Å². The van der Waals surface area contributed by atoms with Gasteiger partial charge in [-0.3, -0.25) is 19.9 Å². The first-order valence-electron chi connectivity index (χ1n) is 11.4. The molecule has 0 N–H and O–H groups in total. The molecule has 1 fully saturated rings. The zero-order valence-electron chi connectivity index (χ0n) is 19.7. The topological polar surface area (TPSA) is 88.3 Å². The maximum Gasteiger partial charge on any atom is 0.248 e. The van der Waals surface area contributed by atoms with E-state index in [0.29, 0.717) is 11.3 Å². The fraction of sp³-hybridized carbons (Fsp3) is 0.259. The highest BCUT2D eigenvalue weighted by molar-refractivity contribution is 6.01. The number of benzene rings is 3. The summed E-state index contributed by atoms with van der Waals surface area (Å²) in [6.45, 7) is 0. The number of hydrogen-bond donors (Lipinski definition) is 0. The summed E-state index contributed by atoms with van der Waals surface area (Å²) in [5, 5.41) is 18.8. The molecule has 35 heavy (non-hydrogen) atoms. The summed E-state index contributed by atoms with van der Waals surface area (Å²) in [6.07, 6.45) is 1.69. The van der Waals surface area contributed by atoms with Crippen molar-refractivity contribution in [3.63, 3.8) is 0 Å². The van der Waals surface area contributed by atoms with Crippen molar-refractivity contribution in [2.45, 2.75) is 24.0 Å². The van der Waals surface area contributed by atoms with Gasteiger partial charge < -0.3 is 9.64 Å². The summed E-state index contributed by atoms with van der Waals surface area (Å²) in [5.41, 5.74) is 3.82. The van der Waals surface area contributed by atoms with Gasteiger partial charge in [-0.25, -0.2) is 0 Å². The molecule has 8 nitrogen and oxygen atoms in total. The Morgan fingerprint density at radius 3 is 2.34 bits per heavy atom. The highest BCUT2D eigenvalue weighted by Gasteiger charge is 2.60. The van der Waals surface area contributed by atoms with Crippen molar-refractivity contribution in [1.82, 2.24) is 5.01 Å². The van der Waals surface area contributed by atoms with Crippen LogP contribution in [0.3, 0.4) is 0 Å². The fourth-order valence-corrected chi connectivity index (χ4v) is 5.20. The molecule has 0 bridgehead atoms. The van der Waals surface area contributed by atoms with Crippen LogP contribution < -0.4 is 9.64 Å². The van der Waals surface area contributed by atoms with Gasteiger partial charge in [0.25, 0.3) is 0 Å². The zero-order chi connectivity index (χ0) is 24.7. The van der Waals surface area contributed by atoms with Crippen molar-refractivity contribution in [2.75, 3.05) is 26.1 Å². The van der Waals surface area contributed by atoms with E-state index in [1.165, 1.54) is 0 Å². The third kappa shape index (κ3) is 3.80. The Morgan fingerprint density at radius 2 is 1.71 bits per heavy atom. The van der Waals surface area contributed by atoms with Crippen LogP contribution in [0.4, 0.5) is 5.69 Å². The Hall–Kier alpha value is -4.20. The second-order valence-corrected chi connectivity index (χ2v) is 9.02. The summed E-state index contributed by atoms with van der Waals surface area (Å²) in [4.78, 5) is 28.3. The third-order valence-corrected chi connectivity index (χ3v) is 6.93. The van der Waals surface area contributed by atoms with Crippen molar-refractivity contribution in [3.05, 3.63) is 105 Å². The normalized spacial score (nSPS) is 22.3. The molecule has 0 aliphatic carbocycles. The second kappa shape index (κ2) is 8.87. The van der Waals surface area contributed by atoms with Crippen LogP contribution in [-0.4, -0.2) is 55.2 Å². The molecule has 0 saturated carbocycles. The number of ketones is 1. The molecule has 4 atom stereocenters. The van der Waals surface area contributed by atoms with Gasteiger partial charge in [0.1, 0.15) is 17.8 Å². The average Bonchev–Trinajstić information content (AvgIpc) is 3.24. The summed E-state index contributed by atoms with van der Waals surface area (Å²) < 4.78 is 5.23. The Bertz CT molecular complexity index is 1290. The van der Waals surface area contributed by atoms with Gasteiger partial charge in [0, 0.05) is 35.8 Å². The van der Waals surface area contributed by atoms with Crippen LogP contribution in [0.5, 0.6) is 5.75 Å². The van der Waals surface area contributed by atoms with Crippen molar-refractivity contribution < 1.29 is 14.5 Å². The number of ether oxygens (including phenoxy) is 1. The molecule has 8 heteroatoms. The van der Waals surface area contributed by atoms with Gasteiger partial charge in [0.2, 0.25) is 6.04 Å². The van der Waals surface area contributed by atoms with Gasteiger partial charge in [-0.2, -0.15) is 5.10 Å². The number of carbonyl (C=O) groups excluding carboxylic acids is 1. The monoisotopic (exact) mass is 470 g/mol. The van der Waals surface area contributed by atoms with Crippen LogP contribution in [0.2, 0.25) is 0 Å². The lowest BCUT2D eigenvalue weighted by atomic mass is 9.82. The quantitative estimate of drug-likeness (QED) is 0.306. The molecule has 3 aromatic carbocycles. The van der Waals surface area contributed by atoms with E-state index in [1.807, 2.05) is 67.5 Å². The Kier molecular flexibility index (Phi) is 5.72. The molecule has 2 aliphatic heterocycles. The molecule has 0 unspecified atom stereocenters. The van der Waals surface area contributed by atoms with Crippen LogP contribution in [0.15, 0.2) is 77.9 Å². The molecule has 0 aromatic heterocycles. The highest BCUT2D eigenvalue weighted by atomic mass is 16.6. The molecule has 0 amide bonds. The largest absolute Gasteiger partial charge is 0.497 e. The number of hydrazone groups is 1. The minimum absolute atomic E-state index is 0.208. The predicted molar refractivity (Wildman–Crippen MR) is 134 cm³/mol.